The van der Waals surface area contributed by atoms with E-state index in [9.17, 15) is 9.59 Å². The molecule has 1 aliphatic rings. The normalized spacial score (nSPS) is 17.6. The lowest BCUT2D eigenvalue weighted by molar-refractivity contribution is -0.137. The fourth-order valence-electron chi connectivity index (χ4n) is 2.28. The van der Waals surface area contributed by atoms with Crippen molar-refractivity contribution in [2.45, 2.75) is 63.8 Å². The minimum atomic E-state index is -0.822. The fourth-order valence-corrected chi connectivity index (χ4v) is 2.28. The zero-order valence-corrected chi connectivity index (χ0v) is 10.9. The molecule has 5 heteroatoms. The van der Waals surface area contributed by atoms with E-state index in [0.29, 0.717) is 13.0 Å². The summed E-state index contributed by atoms with van der Waals surface area (Å²) >= 11 is 0. The molecule has 1 aliphatic carbocycles. The maximum Gasteiger partial charge on any atom is 0.315 e. The number of nitrogens with one attached hydrogen (secondary N) is 2. The maximum absolute atomic E-state index is 11.6. The Kier molecular flexibility index (Phi) is 7.22. The van der Waals surface area contributed by atoms with Crippen molar-refractivity contribution >= 4 is 12.0 Å². The van der Waals surface area contributed by atoms with E-state index in [1.54, 1.807) is 0 Å². The monoisotopic (exact) mass is 256 g/mol. The molecule has 0 radical (unpaired) electrons. The second kappa shape index (κ2) is 8.78. The van der Waals surface area contributed by atoms with E-state index in [-0.39, 0.29) is 18.5 Å². The number of carbonyl (C=O) groups is 2. The van der Waals surface area contributed by atoms with Crippen molar-refractivity contribution in [2.24, 2.45) is 0 Å². The van der Waals surface area contributed by atoms with Gasteiger partial charge < -0.3 is 15.7 Å². The second-order valence-corrected chi connectivity index (χ2v) is 4.94. The number of carboxylic acid groups (broad SMARTS) is 1. The number of urea groups is 1. The first-order chi connectivity index (χ1) is 8.68. The molecule has 1 fully saturated rings. The molecule has 18 heavy (non-hydrogen) atoms. The average molecular weight is 256 g/mol. The Morgan fingerprint density at radius 1 is 1.06 bits per heavy atom. The van der Waals surface area contributed by atoms with Crippen LogP contribution in [-0.4, -0.2) is 29.7 Å². The lowest BCUT2D eigenvalue weighted by Crippen LogP contribution is -2.42. The van der Waals surface area contributed by atoms with Crippen molar-refractivity contribution in [3.8, 4) is 0 Å². The first-order valence-corrected chi connectivity index (χ1v) is 6.94. The van der Waals surface area contributed by atoms with Gasteiger partial charge in [-0.25, -0.2) is 4.79 Å². The van der Waals surface area contributed by atoms with Gasteiger partial charge in [-0.05, 0) is 19.3 Å². The largest absolute Gasteiger partial charge is 0.481 e. The molecule has 0 bridgehead atoms. The number of carbonyl (C=O) groups excluding carboxylic acids is 1. The van der Waals surface area contributed by atoms with Gasteiger partial charge in [0.2, 0.25) is 0 Å². The third-order valence-corrected chi connectivity index (χ3v) is 3.29. The summed E-state index contributed by atoms with van der Waals surface area (Å²) in [6.45, 7) is 0.421. The molecule has 5 nitrogen and oxygen atoms in total. The van der Waals surface area contributed by atoms with Crippen molar-refractivity contribution in [1.82, 2.24) is 10.6 Å². The van der Waals surface area contributed by atoms with Gasteiger partial charge in [0.1, 0.15) is 0 Å². The number of hydrogen-bond acceptors (Lipinski definition) is 2. The summed E-state index contributed by atoms with van der Waals surface area (Å²) in [7, 11) is 0. The van der Waals surface area contributed by atoms with Gasteiger partial charge in [0.05, 0.1) is 0 Å². The molecule has 1 saturated carbocycles. The highest BCUT2D eigenvalue weighted by molar-refractivity contribution is 5.74. The Balaban J connectivity index is 2.11. The highest BCUT2D eigenvalue weighted by Crippen LogP contribution is 2.16. The molecule has 0 saturated heterocycles. The smallest absolute Gasteiger partial charge is 0.315 e. The van der Waals surface area contributed by atoms with Crippen LogP contribution in [0.15, 0.2) is 0 Å². The van der Waals surface area contributed by atoms with E-state index in [1.807, 2.05) is 0 Å². The lowest BCUT2D eigenvalue weighted by Gasteiger charge is -2.21. The van der Waals surface area contributed by atoms with Crippen molar-refractivity contribution in [2.75, 3.05) is 6.54 Å². The highest BCUT2D eigenvalue weighted by Gasteiger charge is 2.13. The van der Waals surface area contributed by atoms with Crippen LogP contribution in [0.5, 0.6) is 0 Å². The quantitative estimate of drug-likeness (QED) is 0.660. The van der Waals surface area contributed by atoms with E-state index in [0.717, 1.165) is 12.8 Å². The lowest BCUT2D eigenvalue weighted by atomic mass is 9.97. The summed E-state index contributed by atoms with van der Waals surface area (Å²) in [5, 5.41) is 14.2. The van der Waals surface area contributed by atoms with Crippen molar-refractivity contribution in [3.63, 3.8) is 0 Å². The van der Waals surface area contributed by atoms with Crippen molar-refractivity contribution in [1.29, 1.82) is 0 Å². The Morgan fingerprint density at radius 3 is 2.28 bits per heavy atom. The number of amides is 2. The van der Waals surface area contributed by atoms with Crippen LogP contribution < -0.4 is 10.6 Å². The van der Waals surface area contributed by atoms with Gasteiger partial charge in [-0.15, -0.1) is 0 Å². The Morgan fingerprint density at radius 2 is 1.67 bits per heavy atom. The minimum absolute atomic E-state index is 0.101. The molecule has 0 heterocycles. The number of hydrogen-bond donors (Lipinski definition) is 3. The summed E-state index contributed by atoms with van der Waals surface area (Å²) < 4.78 is 0. The van der Waals surface area contributed by atoms with Gasteiger partial charge in [0, 0.05) is 19.0 Å². The predicted octanol–water partition coefficient (Wildman–Crippen LogP) is 2.26. The summed E-state index contributed by atoms with van der Waals surface area (Å²) in [5.74, 6) is -0.822. The van der Waals surface area contributed by atoms with E-state index < -0.39 is 5.97 Å². The summed E-state index contributed by atoms with van der Waals surface area (Å²) in [6.07, 6.45) is 8.90. The van der Waals surface area contributed by atoms with Crippen LogP contribution in [-0.2, 0) is 4.79 Å². The number of rotatable bonds is 5. The van der Waals surface area contributed by atoms with Crippen LogP contribution in [0.4, 0.5) is 4.79 Å². The Hall–Kier alpha value is -1.26. The molecule has 0 unspecified atom stereocenters. The number of carboxylic acids is 1. The molecule has 0 aromatic rings. The molecule has 1 rings (SSSR count). The van der Waals surface area contributed by atoms with E-state index in [2.05, 4.69) is 10.6 Å². The minimum Gasteiger partial charge on any atom is -0.481 e. The van der Waals surface area contributed by atoms with Gasteiger partial charge in [0.15, 0.2) is 0 Å². The van der Waals surface area contributed by atoms with E-state index in [1.165, 1.54) is 32.1 Å². The third kappa shape index (κ3) is 7.14. The van der Waals surface area contributed by atoms with Crippen LogP contribution in [0.3, 0.4) is 0 Å². The summed E-state index contributed by atoms with van der Waals surface area (Å²) in [5.41, 5.74) is 0. The zero-order chi connectivity index (χ0) is 13.2. The molecular weight excluding hydrogens is 232 g/mol. The molecule has 104 valence electrons. The zero-order valence-electron chi connectivity index (χ0n) is 10.9. The predicted molar refractivity (Wildman–Crippen MR) is 69.5 cm³/mol. The molecule has 2 amide bonds. The van der Waals surface area contributed by atoms with Gasteiger partial charge in [-0.1, -0.05) is 32.1 Å². The first-order valence-electron chi connectivity index (χ1n) is 6.94. The van der Waals surface area contributed by atoms with Crippen LogP contribution in [0.25, 0.3) is 0 Å². The maximum atomic E-state index is 11.6. The molecule has 0 aromatic carbocycles. The third-order valence-electron chi connectivity index (χ3n) is 3.29. The molecular formula is C13H24N2O3. The first kappa shape index (κ1) is 14.8. The van der Waals surface area contributed by atoms with Gasteiger partial charge in [-0.2, -0.15) is 0 Å². The average Bonchev–Trinajstić information content (AvgIpc) is 2.28. The second-order valence-electron chi connectivity index (χ2n) is 4.94. The van der Waals surface area contributed by atoms with E-state index >= 15 is 0 Å². The van der Waals surface area contributed by atoms with E-state index in [4.69, 9.17) is 5.11 Å². The molecule has 0 aliphatic heterocycles. The standard InChI is InChI=1S/C13H24N2O3/c16-12(17)9-6-10-14-13(18)15-11-7-4-2-1-3-5-8-11/h11H,1-10H2,(H,16,17)(H2,14,15,18). The molecule has 0 atom stereocenters. The Labute approximate surface area is 108 Å². The summed E-state index contributed by atoms with van der Waals surface area (Å²) in [6, 6.07) is 0.121. The van der Waals surface area contributed by atoms with Crippen LogP contribution >= 0.6 is 0 Å². The van der Waals surface area contributed by atoms with Crippen LogP contribution in [0, 0.1) is 0 Å². The van der Waals surface area contributed by atoms with Crippen LogP contribution in [0.1, 0.15) is 57.8 Å². The van der Waals surface area contributed by atoms with Gasteiger partial charge in [0.25, 0.3) is 0 Å². The molecule has 0 aromatic heterocycles. The SMILES string of the molecule is O=C(O)CCCNC(=O)NC1CCCCCCC1. The summed E-state index contributed by atoms with van der Waals surface area (Å²) in [4.78, 5) is 21.9. The topological polar surface area (TPSA) is 78.4 Å². The molecule has 0 spiro atoms. The highest BCUT2D eigenvalue weighted by atomic mass is 16.4. The molecule has 3 N–H and O–H groups in total. The van der Waals surface area contributed by atoms with Crippen molar-refractivity contribution in [3.05, 3.63) is 0 Å². The number of aliphatic carboxylic acids is 1. The fraction of sp³-hybridized carbons (Fsp3) is 0.846. The van der Waals surface area contributed by atoms with Gasteiger partial charge in [-0.3, -0.25) is 4.79 Å². The van der Waals surface area contributed by atoms with Crippen LogP contribution in [0.2, 0.25) is 0 Å². The Bertz CT molecular complexity index is 261. The van der Waals surface area contributed by atoms with Crippen molar-refractivity contribution < 1.29 is 14.7 Å². The van der Waals surface area contributed by atoms with Gasteiger partial charge >= 0.3 is 12.0 Å².